The Kier molecular flexibility index (Phi) is 7.83. The number of primary amides is 1. The van der Waals surface area contributed by atoms with Gasteiger partial charge in [0, 0.05) is 5.54 Å². The minimum Gasteiger partial charge on any atom is -0.497 e. The second-order valence-corrected chi connectivity index (χ2v) is 9.67. The van der Waals surface area contributed by atoms with Crippen molar-refractivity contribution in [3.8, 4) is 11.5 Å². The van der Waals surface area contributed by atoms with Crippen molar-refractivity contribution in [3.05, 3.63) is 64.7 Å². The Balaban J connectivity index is 2.28. The van der Waals surface area contributed by atoms with Crippen LogP contribution in [-0.4, -0.2) is 41.9 Å². The number of benzene rings is 2. The van der Waals surface area contributed by atoms with Gasteiger partial charge in [0.2, 0.25) is 5.91 Å². The number of carbonyl (C=O) groups is 3. The molecule has 1 heterocycles. The van der Waals surface area contributed by atoms with E-state index in [9.17, 15) is 14.4 Å². The summed E-state index contributed by atoms with van der Waals surface area (Å²) in [6, 6.07) is 12.4. The molecule has 5 N–H and O–H groups in total. The van der Waals surface area contributed by atoms with Crippen molar-refractivity contribution < 1.29 is 23.9 Å². The molecule has 1 aromatic heterocycles. The van der Waals surface area contributed by atoms with Gasteiger partial charge in [-0.2, -0.15) is 4.37 Å². The van der Waals surface area contributed by atoms with Crippen LogP contribution >= 0.6 is 11.5 Å². The Hall–Kier alpha value is -4.12. The molecule has 10 nitrogen and oxygen atoms in total. The molecule has 0 saturated carbocycles. The third kappa shape index (κ3) is 5.57. The van der Waals surface area contributed by atoms with E-state index in [-0.39, 0.29) is 16.3 Å². The summed E-state index contributed by atoms with van der Waals surface area (Å²) in [5.41, 5.74) is 11.3. The molecule has 3 amide bonds. The van der Waals surface area contributed by atoms with Gasteiger partial charge < -0.3 is 26.3 Å². The maximum absolute atomic E-state index is 14.1. The van der Waals surface area contributed by atoms with E-state index in [1.807, 2.05) is 20.8 Å². The fourth-order valence-corrected chi connectivity index (χ4v) is 4.32. The lowest BCUT2D eigenvalue weighted by molar-refractivity contribution is -0.123. The van der Waals surface area contributed by atoms with Crippen LogP contribution in [0.1, 0.15) is 52.5 Å². The number of nitrogens with zero attached hydrogens (tertiary/aromatic N) is 2. The van der Waals surface area contributed by atoms with Gasteiger partial charge in [-0.05, 0) is 62.1 Å². The van der Waals surface area contributed by atoms with Crippen molar-refractivity contribution in [2.75, 3.05) is 24.9 Å². The predicted molar refractivity (Wildman–Crippen MR) is 138 cm³/mol. The summed E-state index contributed by atoms with van der Waals surface area (Å²) in [6.07, 6.45) is 0. The van der Waals surface area contributed by atoms with Crippen LogP contribution in [0.15, 0.2) is 48.5 Å². The molecule has 0 aliphatic rings. The van der Waals surface area contributed by atoms with Crippen LogP contribution in [0.3, 0.4) is 0 Å². The normalized spacial score (nSPS) is 11.9. The monoisotopic (exact) mass is 511 g/mol. The number of rotatable bonds is 8. The lowest BCUT2D eigenvalue weighted by Gasteiger charge is -2.34. The van der Waals surface area contributed by atoms with E-state index in [1.165, 1.54) is 19.1 Å². The van der Waals surface area contributed by atoms with Gasteiger partial charge in [-0.15, -0.1) is 0 Å². The maximum atomic E-state index is 14.1. The van der Waals surface area contributed by atoms with Gasteiger partial charge in [-0.3, -0.25) is 19.3 Å². The number of hydrogen-bond donors (Lipinski definition) is 3. The molecule has 36 heavy (non-hydrogen) atoms. The van der Waals surface area contributed by atoms with E-state index in [0.29, 0.717) is 22.7 Å². The van der Waals surface area contributed by atoms with Crippen molar-refractivity contribution in [3.63, 3.8) is 0 Å². The van der Waals surface area contributed by atoms with Crippen LogP contribution in [0.2, 0.25) is 0 Å². The minimum atomic E-state index is -1.14. The Morgan fingerprint density at radius 3 is 2.19 bits per heavy atom. The number of nitrogens with two attached hydrogens (primary N) is 2. The van der Waals surface area contributed by atoms with Crippen LogP contribution in [0, 0.1) is 0 Å². The number of carbonyl (C=O) groups excluding carboxylic acids is 3. The highest BCUT2D eigenvalue weighted by atomic mass is 32.1. The Labute approximate surface area is 213 Å². The Morgan fingerprint density at radius 2 is 1.67 bits per heavy atom. The van der Waals surface area contributed by atoms with Crippen molar-refractivity contribution in [1.29, 1.82) is 0 Å². The number of nitrogen functional groups attached to an aromatic ring is 1. The molecule has 0 saturated heterocycles. The van der Waals surface area contributed by atoms with Crippen LogP contribution in [0.4, 0.5) is 11.4 Å². The zero-order valence-corrected chi connectivity index (χ0v) is 21.5. The number of hydrogen-bond acceptors (Lipinski definition) is 8. The molecule has 0 fully saturated rings. The van der Waals surface area contributed by atoms with Crippen molar-refractivity contribution >= 4 is 40.6 Å². The molecular weight excluding hydrogens is 482 g/mol. The molecule has 3 aromatic rings. The predicted octanol–water partition coefficient (Wildman–Crippen LogP) is 3.14. The highest BCUT2D eigenvalue weighted by Gasteiger charge is 2.38. The van der Waals surface area contributed by atoms with Gasteiger partial charge in [-0.25, -0.2) is 0 Å². The summed E-state index contributed by atoms with van der Waals surface area (Å²) < 4.78 is 14.7. The molecule has 0 radical (unpaired) electrons. The van der Waals surface area contributed by atoms with Gasteiger partial charge in [0.25, 0.3) is 11.8 Å². The first-order chi connectivity index (χ1) is 17.0. The van der Waals surface area contributed by atoms with Gasteiger partial charge in [0.05, 0.1) is 25.6 Å². The average Bonchev–Trinajstić information content (AvgIpc) is 3.22. The van der Waals surface area contributed by atoms with Gasteiger partial charge in [0.1, 0.15) is 22.4 Å². The topological polar surface area (TPSA) is 150 Å². The second kappa shape index (κ2) is 10.6. The molecule has 0 spiro atoms. The summed E-state index contributed by atoms with van der Waals surface area (Å²) in [4.78, 5) is 40.9. The Bertz CT molecular complexity index is 1270. The lowest BCUT2D eigenvalue weighted by atomic mass is 10.00. The molecule has 0 aliphatic carbocycles. The summed E-state index contributed by atoms with van der Waals surface area (Å²) in [5.74, 6) is -1.01. The standard InChI is InChI=1S/C25H29N5O5S/c1-25(2,3)28-23(32)20(14-10-12-15(34-4)13-11-14)30(16-8-6-7-9-17(16)35-5)24(33)21-18(26)19(22(27)31)29-36-21/h6-13,20H,26H2,1-5H3,(H2,27,31)(H,28,32)/t20-/m0/s1. The van der Waals surface area contributed by atoms with E-state index in [0.717, 1.165) is 11.5 Å². The van der Waals surface area contributed by atoms with E-state index in [1.54, 1.807) is 48.5 Å². The highest BCUT2D eigenvalue weighted by molar-refractivity contribution is 7.09. The smallest absolute Gasteiger partial charge is 0.273 e. The molecule has 2 aromatic carbocycles. The number of anilines is 2. The third-order valence-corrected chi connectivity index (χ3v) is 6.01. The summed E-state index contributed by atoms with van der Waals surface area (Å²) >= 11 is 0.733. The fourth-order valence-electron chi connectivity index (χ4n) is 3.57. The first-order valence-electron chi connectivity index (χ1n) is 11.0. The fraction of sp³-hybridized carbons (Fsp3) is 0.280. The zero-order chi connectivity index (χ0) is 26.6. The lowest BCUT2D eigenvalue weighted by Crippen LogP contribution is -2.49. The second-order valence-electron chi connectivity index (χ2n) is 8.90. The van der Waals surface area contributed by atoms with Crippen molar-refractivity contribution in [2.45, 2.75) is 32.4 Å². The zero-order valence-electron chi connectivity index (χ0n) is 20.7. The van der Waals surface area contributed by atoms with E-state index >= 15 is 0 Å². The number of para-hydroxylation sites is 2. The average molecular weight is 512 g/mol. The minimum absolute atomic E-state index is 0.0308. The van der Waals surface area contributed by atoms with Crippen molar-refractivity contribution in [2.24, 2.45) is 5.73 Å². The third-order valence-electron chi connectivity index (χ3n) is 5.16. The van der Waals surface area contributed by atoms with Gasteiger partial charge >= 0.3 is 0 Å². The van der Waals surface area contributed by atoms with Crippen LogP contribution < -0.4 is 31.2 Å². The van der Waals surface area contributed by atoms with E-state index in [4.69, 9.17) is 20.9 Å². The molecule has 0 bridgehead atoms. The number of methoxy groups -OCH3 is 2. The molecule has 0 unspecified atom stereocenters. The number of nitrogens with one attached hydrogen (secondary N) is 1. The number of ether oxygens (including phenoxy) is 2. The molecular formula is C25H29N5O5S. The van der Waals surface area contributed by atoms with Gasteiger partial charge in [-0.1, -0.05) is 24.3 Å². The highest BCUT2D eigenvalue weighted by Crippen LogP contribution is 2.38. The first kappa shape index (κ1) is 26.5. The maximum Gasteiger partial charge on any atom is 0.273 e. The number of aromatic nitrogens is 1. The van der Waals surface area contributed by atoms with Crippen LogP contribution in [0.5, 0.6) is 11.5 Å². The SMILES string of the molecule is COc1ccc([C@@H](C(=O)NC(C)(C)C)N(C(=O)c2snc(C(N)=O)c2N)c2ccccc2OC)cc1. The number of amides is 3. The summed E-state index contributed by atoms with van der Waals surface area (Å²) in [5, 5.41) is 2.96. The first-order valence-corrected chi connectivity index (χ1v) is 11.7. The molecule has 3 rings (SSSR count). The summed E-state index contributed by atoms with van der Waals surface area (Å²) in [6.45, 7) is 5.52. The van der Waals surface area contributed by atoms with E-state index < -0.39 is 29.3 Å². The van der Waals surface area contributed by atoms with Gasteiger partial charge in [0.15, 0.2) is 5.69 Å². The van der Waals surface area contributed by atoms with Crippen LogP contribution in [-0.2, 0) is 4.79 Å². The van der Waals surface area contributed by atoms with Crippen molar-refractivity contribution in [1.82, 2.24) is 9.69 Å². The molecule has 1 atom stereocenters. The molecule has 0 aliphatic heterocycles. The quantitative estimate of drug-likeness (QED) is 0.420. The largest absolute Gasteiger partial charge is 0.497 e. The summed E-state index contributed by atoms with van der Waals surface area (Å²) in [7, 11) is 3.00. The molecule has 11 heteroatoms. The molecule has 190 valence electrons. The van der Waals surface area contributed by atoms with E-state index in [2.05, 4.69) is 9.69 Å². The van der Waals surface area contributed by atoms with Crippen LogP contribution in [0.25, 0.3) is 0 Å². The Morgan fingerprint density at radius 1 is 1.03 bits per heavy atom.